The topological polar surface area (TPSA) is 103 Å². The SMILES string of the molecule is Cc1nc(CCNS(=O)(=O)c2cnn(CCN)c2)cs1. The van der Waals surface area contributed by atoms with Gasteiger partial charge in [-0.15, -0.1) is 11.3 Å². The number of aryl methyl sites for hydroxylation is 1. The lowest BCUT2D eigenvalue weighted by Gasteiger charge is -2.03. The lowest BCUT2D eigenvalue weighted by atomic mass is 10.3. The number of hydrogen-bond acceptors (Lipinski definition) is 6. The van der Waals surface area contributed by atoms with Gasteiger partial charge in [0.2, 0.25) is 10.0 Å². The van der Waals surface area contributed by atoms with Crippen LogP contribution in [0.25, 0.3) is 0 Å². The highest BCUT2D eigenvalue weighted by atomic mass is 32.2. The molecule has 0 fully saturated rings. The molecule has 20 heavy (non-hydrogen) atoms. The van der Waals surface area contributed by atoms with Crippen molar-refractivity contribution in [3.05, 3.63) is 28.5 Å². The van der Waals surface area contributed by atoms with Gasteiger partial charge in [0.25, 0.3) is 0 Å². The van der Waals surface area contributed by atoms with Crippen LogP contribution in [0.3, 0.4) is 0 Å². The molecule has 110 valence electrons. The number of nitrogens with two attached hydrogens (primary N) is 1. The van der Waals surface area contributed by atoms with Crippen LogP contribution < -0.4 is 10.5 Å². The van der Waals surface area contributed by atoms with Gasteiger partial charge in [-0.3, -0.25) is 4.68 Å². The van der Waals surface area contributed by atoms with Crippen LogP contribution in [0, 0.1) is 6.92 Å². The number of rotatable bonds is 7. The highest BCUT2D eigenvalue weighted by Gasteiger charge is 2.15. The first-order valence-electron chi connectivity index (χ1n) is 6.14. The summed E-state index contributed by atoms with van der Waals surface area (Å²) in [6.45, 7) is 3.14. The van der Waals surface area contributed by atoms with Crippen molar-refractivity contribution in [2.45, 2.75) is 24.8 Å². The zero-order valence-electron chi connectivity index (χ0n) is 11.1. The Morgan fingerprint density at radius 2 is 2.30 bits per heavy atom. The second kappa shape index (κ2) is 6.44. The molecule has 0 atom stereocenters. The van der Waals surface area contributed by atoms with Crippen molar-refractivity contribution in [3.8, 4) is 0 Å². The van der Waals surface area contributed by atoms with Crippen molar-refractivity contribution >= 4 is 21.4 Å². The maximum absolute atomic E-state index is 12.0. The molecule has 2 heterocycles. The van der Waals surface area contributed by atoms with Crippen LogP contribution in [0.1, 0.15) is 10.7 Å². The quantitative estimate of drug-likeness (QED) is 0.756. The van der Waals surface area contributed by atoms with Gasteiger partial charge in [-0.25, -0.2) is 18.1 Å². The van der Waals surface area contributed by atoms with Gasteiger partial charge >= 0.3 is 0 Å². The molecule has 2 rings (SSSR count). The average Bonchev–Trinajstić information content (AvgIpc) is 2.99. The molecule has 0 saturated carbocycles. The molecule has 2 aromatic rings. The molecule has 0 spiro atoms. The molecule has 0 saturated heterocycles. The molecule has 0 aromatic carbocycles. The lowest BCUT2D eigenvalue weighted by molar-refractivity contribution is 0.580. The third kappa shape index (κ3) is 3.85. The van der Waals surface area contributed by atoms with Crippen molar-refractivity contribution in [2.75, 3.05) is 13.1 Å². The Bertz CT molecular complexity index is 662. The maximum atomic E-state index is 12.0. The number of nitrogens with zero attached hydrogens (tertiary/aromatic N) is 3. The summed E-state index contributed by atoms with van der Waals surface area (Å²) < 4.78 is 28.1. The maximum Gasteiger partial charge on any atom is 0.243 e. The molecule has 9 heteroatoms. The number of nitrogens with one attached hydrogen (secondary N) is 1. The van der Waals surface area contributed by atoms with Crippen LogP contribution in [0.4, 0.5) is 0 Å². The summed E-state index contributed by atoms with van der Waals surface area (Å²) in [4.78, 5) is 4.44. The summed E-state index contributed by atoms with van der Waals surface area (Å²) >= 11 is 1.55. The van der Waals surface area contributed by atoms with E-state index in [9.17, 15) is 8.42 Å². The van der Waals surface area contributed by atoms with Crippen molar-refractivity contribution in [2.24, 2.45) is 5.73 Å². The summed E-state index contributed by atoms with van der Waals surface area (Å²) in [5.41, 5.74) is 6.29. The van der Waals surface area contributed by atoms with Crippen LogP contribution >= 0.6 is 11.3 Å². The number of sulfonamides is 1. The van der Waals surface area contributed by atoms with E-state index in [-0.39, 0.29) is 4.90 Å². The van der Waals surface area contributed by atoms with Gasteiger partial charge in [-0.1, -0.05) is 0 Å². The third-order valence-corrected chi connectivity index (χ3v) is 4.86. The highest BCUT2D eigenvalue weighted by Crippen LogP contribution is 2.09. The Labute approximate surface area is 121 Å². The van der Waals surface area contributed by atoms with E-state index in [2.05, 4.69) is 14.8 Å². The second-order valence-electron chi connectivity index (χ2n) is 4.23. The molecular weight excluding hydrogens is 298 g/mol. The molecule has 2 aromatic heterocycles. The zero-order chi connectivity index (χ0) is 14.6. The van der Waals surface area contributed by atoms with Crippen molar-refractivity contribution < 1.29 is 8.42 Å². The molecule has 0 radical (unpaired) electrons. The van der Waals surface area contributed by atoms with Gasteiger partial charge in [0, 0.05) is 31.1 Å². The molecule has 3 N–H and O–H groups in total. The zero-order valence-corrected chi connectivity index (χ0v) is 12.7. The summed E-state index contributed by atoms with van der Waals surface area (Å²) in [6.07, 6.45) is 3.37. The van der Waals surface area contributed by atoms with E-state index in [0.717, 1.165) is 10.7 Å². The van der Waals surface area contributed by atoms with Crippen LogP contribution in [-0.4, -0.2) is 36.3 Å². The fraction of sp³-hybridized carbons (Fsp3) is 0.455. The van der Waals surface area contributed by atoms with Gasteiger partial charge in [0.15, 0.2) is 0 Å². The first-order valence-corrected chi connectivity index (χ1v) is 8.51. The van der Waals surface area contributed by atoms with Crippen molar-refractivity contribution in [1.29, 1.82) is 0 Å². The second-order valence-corrected chi connectivity index (χ2v) is 7.06. The minimum atomic E-state index is -3.52. The highest BCUT2D eigenvalue weighted by molar-refractivity contribution is 7.89. The molecule has 0 amide bonds. The van der Waals surface area contributed by atoms with Gasteiger partial charge in [-0.05, 0) is 6.92 Å². The fourth-order valence-electron chi connectivity index (χ4n) is 1.66. The van der Waals surface area contributed by atoms with Gasteiger partial charge in [-0.2, -0.15) is 5.10 Å². The number of aromatic nitrogens is 3. The number of thiazole rings is 1. The molecule has 0 bridgehead atoms. The first-order chi connectivity index (χ1) is 9.51. The molecule has 0 unspecified atom stereocenters. The molecule has 7 nitrogen and oxygen atoms in total. The summed E-state index contributed by atoms with van der Waals surface area (Å²) in [6, 6.07) is 0. The molecule has 0 aliphatic rings. The monoisotopic (exact) mass is 315 g/mol. The van der Waals surface area contributed by atoms with Crippen molar-refractivity contribution in [3.63, 3.8) is 0 Å². The first kappa shape index (κ1) is 15.1. The predicted octanol–water partition coefficient (Wildman–Crippen LogP) is 0.128. The third-order valence-electron chi connectivity index (χ3n) is 2.62. The standard InChI is InChI=1S/C11H17N5O2S2/c1-9-15-10(8-19-9)2-4-14-20(17,18)11-6-13-16(7-11)5-3-12/h6-8,14H,2-5,12H2,1H3. The lowest BCUT2D eigenvalue weighted by Crippen LogP contribution is -2.25. The minimum absolute atomic E-state index is 0.153. The Balaban J connectivity index is 1.92. The largest absolute Gasteiger partial charge is 0.329 e. The molecule has 0 aliphatic carbocycles. The smallest absolute Gasteiger partial charge is 0.243 e. The van der Waals surface area contributed by atoms with E-state index in [1.807, 2.05) is 12.3 Å². The Kier molecular flexibility index (Phi) is 4.86. The van der Waals surface area contributed by atoms with E-state index in [0.29, 0.717) is 26.1 Å². The normalized spacial score (nSPS) is 11.9. The van der Waals surface area contributed by atoms with Crippen molar-refractivity contribution in [1.82, 2.24) is 19.5 Å². The van der Waals surface area contributed by atoms with Crippen LogP contribution in [-0.2, 0) is 23.0 Å². The minimum Gasteiger partial charge on any atom is -0.329 e. The summed E-state index contributed by atoms with van der Waals surface area (Å²) in [5, 5.41) is 6.86. The van der Waals surface area contributed by atoms with Crippen LogP contribution in [0.5, 0.6) is 0 Å². The van der Waals surface area contributed by atoms with E-state index >= 15 is 0 Å². The van der Waals surface area contributed by atoms with Crippen LogP contribution in [0.2, 0.25) is 0 Å². The van der Waals surface area contributed by atoms with Gasteiger partial charge in [0.05, 0.1) is 23.4 Å². The van der Waals surface area contributed by atoms with Gasteiger partial charge in [0.1, 0.15) is 4.90 Å². The fourth-order valence-corrected chi connectivity index (χ4v) is 3.29. The Hall–Kier alpha value is -1.29. The summed E-state index contributed by atoms with van der Waals surface area (Å²) in [5.74, 6) is 0. The average molecular weight is 315 g/mol. The molecule has 0 aliphatic heterocycles. The molecular formula is C11H17N5O2S2. The van der Waals surface area contributed by atoms with E-state index < -0.39 is 10.0 Å². The Morgan fingerprint density at radius 3 is 2.95 bits per heavy atom. The predicted molar refractivity (Wildman–Crippen MR) is 77.0 cm³/mol. The van der Waals surface area contributed by atoms with Gasteiger partial charge < -0.3 is 5.73 Å². The van der Waals surface area contributed by atoms with E-state index in [1.54, 1.807) is 11.3 Å². The summed E-state index contributed by atoms with van der Waals surface area (Å²) in [7, 11) is -3.52. The number of hydrogen-bond donors (Lipinski definition) is 2. The van der Waals surface area contributed by atoms with Crippen LogP contribution in [0.15, 0.2) is 22.7 Å². The van der Waals surface area contributed by atoms with E-state index in [4.69, 9.17) is 5.73 Å². The van der Waals surface area contributed by atoms with E-state index in [1.165, 1.54) is 17.1 Å². The Morgan fingerprint density at radius 1 is 1.50 bits per heavy atom.